The summed E-state index contributed by atoms with van der Waals surface area (Å²) in [5, 5.41) is 0. The van der Waals surface area contributed by atoms with Crippen molar-refractivity contribution in [3.63, 3.8) is 0 Å². The zero-order chi connectivity index (χ0) is 23.7. The van der Waals surface area contributed by atoms with Crippen LogP contribution in [-0.4, -0.2) is 71.4 Å². The van der Waals surface area contributed by atoms with E-state index in [9.17, 15) is 9.59 Å². The Kier molecular flexibility index (Phi) is 6.23. The molecule has 0 spiro atoms. The summed E-state index contributed by atoms with van der Waals surface area (Å²) in [6.45, 7) is 2.69. The van der Waals surface area contributed by atoms with Crippen LogP contribution in [0.1, 0.15) is 21.7 Å². The molecule has 0 saturated carbocycles. The highest BCUT2D eigenvalue weighted by atomic mass is 19.1. The summed E-state index contributed by atoms with van der Waals surface area (Å²) in [7, 11) is 2.43. The Morgan fingerprint density at radius 1 is 1.18 bits per heavy atom. The molecule has 4 rings (SSSR count). The molecule has 1 atom stereocenters. The van der Waals surface area contributed by atoms with Crippen LogP contribution < -0.4 is 0 Å². The third kappa shape index (κ3) is 4.36. The monoisotopic (exact) mass is 460 g/mol. The fourth-order valence-electron chi connectivity index (χ4n) is 3.87. The molecule has 11 heteroatoms. The van der Waals surface area contributed by atoms with Gasteiger partial charge in [-0.25, -0.2) is 28.3 Å². The topological polar surface area (TPSA) is 95.3 Å². The number of amides is 1. The molecule has 0 unspecified atom stereocenters. The van der Waals surface area contributed by atoms with Crippen LogP contribution in [0.2, 0.25) is 0 Å². The fourth-order valence-corrected chi connectivity index (χ4v) is 3.87. The largest absolute Gasteiger partial charge is 0.465 e. The second-order valence-electron chi connectivity index (χ2n) is 7.59. The number of esters is 1. The molecule has 174 valence electrons. The van der Waals surface area contributed by atoms with Gasteiger partial charge in [0.1, 0.15) is 23.6 Å². The lowest BCUT2D eigenvalue weighted by Gasteiger charge is -2.32. The van der Waals surface area contributed by atoms with Gasteiger partial charge in [0.2, 0.25) is 0 Å². The first-order valence-electron chi connectivity index (χ1n) is 10.2. The van der Waals surface area contributed by atoms with E-state index in [1.165, 1.54) is 18.3 Å². The molecule has 0 radical (unpaired) electrons. The second kappa shape index (κ2) is 9.10. The first kappa shape index (κ1) is 22.6. The zero-order valence-corrected chi connectivity index (χ0v) is 18.3. The van der Waals surface area contributed by atoms with Crippen molar-refractivity contribution in [2.45, 2.75) is 19.4 Å². The highest BCUT2D eigenvalue weighted by Gasteiger charge is 2.29. The minimum Gasteiger partial charge on any atom is -0.465 e. The quantitative estimate of drug-likeness (QED) is 0.553. The van der Waals surface area contributed by atoms with Crippen molar-refractivity contribution >= 4 is 17.7 Å². The fraction of sp³-hybridized carbons (Fsp3) is 0.364. The first-order valence-corrected chi connectivity index (χ1v) is 10.2. The molecule has 3 heterocycles. The Bertz CT molecular complexity index is 1210. The summed E-state index contributed by atoms with van der Waals surface area (Å²) in [6.07, 6.45) is 0.787. The summed E-state index contributed by atoms with van der Waals surface area (Å²) >= 11 is 0. The SMILES string of the molecule is COC(=O)c1cc(F)c(-c2nc3cc(C)ncn3c2C[C@H]2CN(C(=O)OC)CCO2)c(F)c1. The number of nitrogens with zero attached hydrogens (tertiary/aromatic N) is 4. The molecule has 2 aromatic heterocycles. The molecule has 0 N–H and O–H groups in total. The van der Waals surface area contributed by atoms with Crippen molar-refractivity contribution in [3.05, 3.63) is 53.1 Å². The van der Waals surface area contributed by atoms with E-state index in [-0.39, 0.29) is 29.8 Å². The number of rotatable bonds is 4. The highest BCUT2D eigenvalue weighted by molar-refractivity contribution is 5.90. The van der Waals surface area contributed by atoms with Crippen molar-refractivity contribution in [2.75, 3.05) is 33.9 Å². The Hall–Kier alpha value is -3.60. The number of carbonyl (C=O) groups excluding carboxylic acids is 2. The lowest BCUT2D eigenvalue weighted by atomic mass is 10.0. The summed E-state index contributed by atoms with van der Waals surface area (Å²) in [4.78, 5) is 33.9. The van der Waals surface area contributed by atoms with Crippen molar-refractivity contribution in [3.8, 4) is 11.3 Å². The Balaban J connectivity index is 1.79. The molecular weight excluding hydrogens is 438 g/mol. The Labute approximate surface area is 187 Å². The van der Waals surface area contributed by atoms with Gasteiger partial charge in [-0.15, -0.1) is 0 Å². The zero-order valence-electron chi connectivity index (χ0n) is 18.3. The van der Waals surface area contributed by atoms with E-state index in [1.807, 2.05) is 0 Å². The molecule has 33 heavy (non-hydrogen) atoms. The van der Waals surface area contributed by atoms with E-state index < -0.39 is 29.8 Å². The molecule has 1 fully saturated rings. The minimum atomic E-state index is -0.953. The summed E-state index contributed by atoms with van der Waals surface area (Å²) in [5.41, 5.74) is 1.02. The van der Waals surface area contributed by atoms with Crippen LogP contribution in [0, 0.1) is 18.6 Å². The van der Waals surface area contributed by atoms with Gasteiger partial charge in [0, 0.05) is 24.7 Å². The van der Waals surface area contributed by atoms with Crippen molar-refractivity contribution in [1.82, 2.24) is 19.3 Å². The number of methoxy groups -OCH3 is 2. The van der Waals surface area contributed by atoms with Gasteiger partial charge in [-0.1, -0.05) is 0 Å². The van der Waals surface area contributed by atoms with Crippen LogP contribution in [-0.2, 0) is 20.6 Å². The number of fused-ring (bicyclic) bond motifs is 1. The third-order valence-electron chi connectivity index (χ3n) is 5.44. The summed E-state index contributed by atoms with van der Waals surface area (Å²) < 4.78 is 46.9. The maximum atomic E-state index is 15.1. The summed E-state index contributed by atoms with van der Waals surface area (Å²) in [6, 6.07) is 3.52. The number of aryl methyl sites for hydroxylation is 1. The van der Waals surface area contributed by atoms with Crippen LogP contribution in [0.3, 0.4) is 0 Å². The average Bonchev–Trinajstić information content (AvgIpc) is 3.14. The Morgan fingerprint density at radius 3 is 2.58 bits per heavy atom. The molecular formula is C22H22F2N4O5. The normalized spacial score (nSPS) is 16.2. The molecule has 1 aliphatic heterocycles. The van der Waals surface area contributed by atoms with Gasteiger partial charge >= 0.3 is 12.1 Å². The number of halogens is 2. The van der Waals surface area contributed by atoms with E-state index in [4.69, 9.17) is 9.47 Å². The standard InChI is InChI=1S/C22H22F2N4O5/c1-12-6-18-26-20(19-15(23)7-13(8-16(19)24)21(29)31-2)17(28(18)11-25-12)9-14-10-27(4-5-33-14)22(30)32-3/h6-8,11,14H,4-5,9-10H2,1-3H3/t14-/m0/s1. The van der Waals surface area contributed by atoms with Crippen LogP contribution in [0.15, 0.2) is 24.5 Å². The molecule has 9 nitrogen and oxygen atoms in total. The average molecular weight is 460 g/mol. The van der Waals surface area contributed by atoms with Crippen molar-refractivity contribution in [1.29, 1.82) is 0 Å². The number of carbonyl (C=O) groups is 2. The van der Waals surface area contributed by atoms with Crippen molar-refractivity contribution < 1.29 is 32.6 Å². The smallest absolute Gasteiger partial charge is 0.409 e. The van der Waals surface area contributed by atoms with Gasteiger partial charge < -0.3 is 19.1 Å². The number of hydrogen-bond donors (Lipinski definition) is 0. The molecule has 1 aliphatic rings. The number of benzene rings is 1. The Morgan fingerprint density at radius 2 is 1.91 bits per heavy atom. The van der Waals surface area contributed by atoms with Gasteiger partial charge in [0.15, 0.2) is 0 Å². The summed E-state index contributed by atoms with van der Waals surface area (Å²) in [5.74, 6) is -2.76. The lowest BCUT2D eigenvalue weighted by molar-refractivity contribution is -0.0241. The third-order valence-corrected chi connectivity index (χ3v) is 5.44. The van der Waals surface area contributed by atoms with E-state index in [2.05, 4.69) is 14.7 Å². The highest BCUT2D eigenvalue weighted by Crippen LogP contribution is 2.32. The van der Waals surface area contributed by atoms with E-state index in [0.717, 1.165) is 19.2 Å². The maximum Gasteiger partial charge on any atom is 0.409 e. The van der Waals surface area contributed by atoms with E-state index >= 15 is 8.78 Å². The molecule has 3 aromatic rings. The maximum absolute atomic E-state index is 15.1. The first-order chi connectivity index (χ1) is 15.8. The van der Waals surface area contributed by atoms with Gasteiger partial charge in [0.05, 0.1) is 56.0 Å². The van der Waals surface area contributed by atoms with Gasteiger partial charge in [-0.05, 0) is 19.1 Å². The number of hydrogen-bond acceptors (Lipinski definition) is 7. The van der Waals surface area contributed by atoms with E-state index in [1.54, 1.807) is 17.4 Å². The lowest BCUT2D eigenvalue weighted by Crippen LogP contribution is -2.46. The molecule has 0 aliphatic carbocycles. The predicted molar refractivity (Wildman–Crippen MR) is 112 cm³/mol. The van der Waals surface area contributed by atoms with Crippen LogP contribution in [0.25, 0.3) is 16.9 Å². The van der Waals surface area contributed by atoms with Crippen LogP contribution in [0.5, 0.6) is 0 Å². The minimum absolute atomic E-state index is 0.0626. The van der Waals surface area contributed by atoms with Crippen LogP contribution in [0.4, 0.5) is 13.6 Å². The number of ether oxygens (including phenoxy) is 3. The number of aromatic nitrogens is 3. The molecule has 1 amide bonds. The second-order valence-corrected chi connectivity index (χ2v) is 7.59. The van der Waals surface area contributed by atoms with Crippen LogP contribution >= 0.6 is 0 Å². The van der Waals surface area contributed by atoms with Crippen molar-refractivity contribution in [2.24, 2.45) is 0 Å². The van der Waals surface area contributed by atoms with Gasteiger partial charge in [-0.3, -0.25) is 4.40 Å². The molecule has 1 saturated heterocycles. The predicted octanol–water partition coefficient (Wildman–Crippen LogP) is 2.78. The molecule has 1 aromatic carbocycles. The molecule has 0 bridgehead atoms. The van der Waals surface area contributed by atoms with Gasteiger partial charge in [-0.2, -0.15) is 0 Å². The number of imidazole rings is 1. The van der Waals surface area contributed by atoms with E-state index in [0.29, 0.717) is 30.2 Å². The van der Waals surface area contributed by atoms with Gasteiger partial charge in [0.25, 0.3) is 0 Å². The number of morpholine rings is 1.